The number of halogens is 1. The number of thiazole rings is 1. The van der Waals surface area contributed by atoms with Crippen LogP contribution < -0.4 is 5.73 Å². The second kappa shape index (κ2) is 5.69. The lowest BCUT2D eigenvalue weighted by atomic mass is 10.2. The van der Waals surface area contributed by atoms with Crippen LogP contribution in [0.4, 0.5) is 5.69 Å². The van der Waals surface area contributed by atoms with E-state index in [1.807, 2.05) is 25.1 Å². The van der Waals surface area contributed by atoms with E-state index in [9.17, 15) is 0 Å². The molecule has 0 atom stereocenters. The van der Waals surface area contributed by atoms with Gasteiger partial charge in [-0.05, 0) is 31.7 Å². The fraction of sp³-hybridized carbons (Fsp3) is 0.308. The number of anilines is 1. The third-order valence-electron chi connectivity index (χ3n) is 2.62. The van der Waals surface area contributed by atoms with Crippen LogP contribution in [0.3, 0.4) is 0 Å². The Morgan fingerprint density at radius 3 is 2.78 bits per heavy atom. The van der Waals surface area contributed by atoms with E-state index in [-0.39, 0.29) is 0 Å². The Kier molecular flexibility index (Phi) is 4.22. The normalized spacial score (nSPS) is 11.1. The van der Waals surface area contributed by atoms with E-state index in [0.717, 1.165) is 29.4 Å². The number of nitrogens with zero attached hydrogens (tertiary/aromatic N) is 2. The van der Waals surface area contributed by atoms with Crippen LogP contribution in [0.1, 0.15) is 16.3 Å². The van der Waals surface area contributed by atoms with Crippen molar-refractivity contribution in [3.05, 3.63) is 44.9 Å². The van der Waals surface area contributed by atoms with Crippen molar-refractivity contribution in [1.29, 1.82) is 0 Å². The summed E-state index contributed by atoms with van der Waals surface area (Å²) in [5, 5.41) is 3.82. The molecule has 0 spiro atoms. The fourth-order valence-corrected chi connectivity index (χ4v) is 2.60. The van der Waals surface area contributed by atoms with Gasteiger partial charge in [0.1, 0.15) is 0 Å². The lowest BCUT2D eigenvalue weighted by Gasteiger charge is -2.15. The van der Waals surface area contributed by atoms with Crippen molar-refractivity contribution in [2.75, 3.05) is 12.8 Å². The van der Waals surface area contributed by atoms with Gasteiger partial charge >= 0.3 is 0 Å². The molecule has 0 saturated carbocycles. The van der Waals surface area contributed by atoms with E-state index in [1.54, 1.807) is 11.3 Å². The predicted molar refractivity (Wildman–Crippen MR) is 77.9 cm³/mol. The molecular weight excluding hydrogens is 266 g/mol. The van der Waals surface area contributed by atoms with Gasteiger partial charge in [0, 0.05) is 18.5 Å². The molecule has 96 valence electrons. The Balaban J connectivity index is 1.98. The summed E-state index contributed by atoms with van der Waals surface area (Å²) in [6, 6.07) is 5.77. The van der Waals surface area contributed by atoms with Crippen LogP contribution in [-0.2, 0) is 13.1 Å². The van der Waals surface area contributed by atoms with Crippen molar-refractivity contribution in [2.45, 2.75) is 20.0 Å². The Hall–Kier alpha value is -1.10. The quantitative estimate of drug-likeness (QED) is 0.874. The number of hydrogen-bond donors (Lipinski definition) is 1. The fourth-order valence-electron chi connectivity index (χ4n) is 1.79. The summed E-state index contributed by atoms with van der Waals surface area (Å²) in [5.41, 5.74) is 8.58. The van der Waals surface area contributed by atoms with Crippen LogP contribution in [0.15, 0.2) is 23.6 Å². The van der Waals surface area contributed by atoms with Gasteiger partial charge in [-0.25, -0.2) is 4.98 Å². The first kappa shape index (κ1) is 13.3. The van der Waals surface area contributed by atoms with E-state index in [0.29, 0.717) is 10.7 Å². The Morgan fingerprint density at radius 2 is 2.17 bits per heavy atom. The monoisotopic (exact) mass is 281 g/mol. The van der Waals surface area contributed by atoms with Crippen LogP contribution >= 0.6 is 22.9 Å². The number of nitrogens with two attached hydrogens (primary N) is 1. The van der Waals surface area contributed by atoms with Crippen LogP contribution in [0.2, 0.25) is 5.02 Å². The second-order valence-corrected chi connectivity index (χ2v) is 5.86. The average molecular weight is 282 g/mol. The van der Waals surface area contributed by atoms with Gasteiger partial charge in [0.05, 0.1) is 21.4 Å². The molecule has 18 heavy (non-hydrogen) atoms. The number of aryl methyl sites for hydroxylation is 1. The van der Waals surface area contributed by atoms with E-state index in [1.165, 1.54) is 0 Å². The predicted octanol–water partition coefficient (Wildman–Crippen LogP) is 3.32. The number of benzene rings is 1. The minimum absolute atomic E-state index is 0.616. The molecule has 2 rings (SSSR count). The van der Waals surface area contributed by atoms with Crippen molar-refractivity contribution in [1.82, 2.24) is 9.88 Å². The van der Waals surface area contributed by atoms with Crippen molar-refractivity contribution in [3.8, 4) is 0 Å². The van der Waals surface area contributed by atoms with Gasteiger partial charge in [-0.1, -0.05) is 17.7 Å². The van der Waals surface area contributed by atoms with Crippen molar-refractivity contribution < 1.29 is 0 Å². The highest BCUT2D eigenvalue weighted by Gasteiger charge is 2.06. The summed E-state index contributed by atoms with van der Waals surface area (Å²) in [7, 11) is 2.07. The molecule has 5 heteroatoms. The van der Waals surface area contributed by atoms with Crippen molar-refractivity contribution in [2.24, 2.45) is 0 Å². The maximum atomic E-state index is 6.01. The molecule has 3 nitrogen and oxygen atoms in total. The first-order valence-electron chi connectivity index (χ1n) is 5.68. The van der Waals surface area contributed by atoms with Crippen LogP contribution in [-0.4, -0.2) is 16.9 Å². The number of aromatic nitrogens is 1. The smallest absolute Gasteiger partial charge is 0.0897 e. The highest BCUT2D eigenvalue weighted by Crippen LogP contribution is 2.20. The van der Waals surface area contributed by atoms with Crippen molar-refractivity contribution in [3.63, 3.8) is 0 Å². The van der Waals surface area contributed by atoms with Gasteiger partial charge in [-0.3, -0.25) is 4.90 Å². The van der Waals surface area contributed by atoms with E-state index in [4.69, 9.17) is 17.3 Å². The standard InChI is InChI=1S/C13H16ClN3S/c1-9-16-11(8-18-9)7-17(2)6-10-3-4-13(15)12(14)5-10/h3-5,8H,6-7,15H2,1-2H3. The summed E-state index contributed by atoms with van der Waals surface area (Å²) in [6.07, 6.45) is 0. The molecule has 1 aromatic heterocycles. The van der Waals surface area contributed by atoms with Crippen LogP contribution in [0.25, 0.3) is 0 Å². The van der Waals surface area contributed by atoms with E-state index < -0.39 is 0 Å². The molecule has 1 heterocycles. The SMILES string of the molecule is Cc1nc(CN(C)Cc2ccc(N)c(Cl)c2)cs1. The van der Waals surface area contributed by atoms with Gasteiger partial charge in [-0.15, -0.1) is 11.3 Å². The van der Waals surface area contributed by atoms with E-state index in [2.05, 4.69) is 22.3 Å². The molecule has 0 amide bonds. The molecule has 0 radical (unpaired) electrons. The highest BCUT2D eigenvalue weighted by atomic mass is 35.5. The second-order valence-electron chi connectivity index (χ2n) is 4.39. The zero-order valence-corrected chi connectivity index (χ0v) is 12.1. The van der Waals surface area contributed by atoms with Gasteiger partial charge in [0.25, 0.3) is 0 Å². The Bertz CT molecular complexity index is 539. The first-order chi connectivity index (χ1) is 8.54. The largest absolute Gasteiger partial charge is 0.398 e. The maximum absolute atomic E-state index is 6.01. The molecule has 1 aromatic carbocycles. The summed E-state index contributed by atoms with van der Waals surface area (Å²) >= 11 is 7.69. The summed E-state index contributed by atoms with van der Waals surface area (Å²) in [6.45, 7) is 3.69. The van der Waals surface area contributed by atoms with Crippen LogP contribution in [0.5, 0.6) is 0 Å². The minimum Gasteiger partial charge on any atom is -0.398 e. The third kappa shape index (κ3) is 3.45. The summed E-state index contributed by atoms with van der Waals surface area (Å²) < 4.78 is 0. The maximum Gasteiger partial charge on any atom is 0.0897 e. The number of nitrogen functional groups attached to an aromatic ring is 1. The molecule has 0 aliphatic rings. The molecule has 0 bridgehead atoms. The van der Waals surface area contributed by atoms with E-state index >= 15 is 0 Å². The molecule has 0 fully saturated rings. The number of rotatable bonds is 4. The van der Waals surface area contributed by atoms with Gasteiger partial charge in [-0.2, -0.15) is 0 Å². The molecular formula is C13H16ClN3S. The molecule has 2 aromatic rings. The molecule has 0 unspecified atom stereocenters. The average Bonchev–Trinajstić information content (AvgIpc) is 2.69. The van der Waals surface area contributed by atoms with Gasteiger partial charge in [0.2, 0.25) is 0 Å². The lowest BCUT2D eigenvalue weighted by molar-refractivity contribution is 0.315. The Morgan fingerprint density at radius 1 is 1.39 bits per heavy atom. The van der Waals surface area contributed by atoms with Gasteiger partial charge in [0.15, 0.2) is 0 Å². The molecule has 0 aliphatic heterocycles. The topological polar surface area (TPSA) is 42.2 Å². The molecule has 0 saturated heterocycles. The van der Waals surface area contributed by atoms with Crippen molar-refractivity contribution >= 4 is 28.6 Å². The summed E-state index contributed by atoms with van der Waals surface area (Å²) in [4.78, 5) is 6.66. The minimum atomic E-state index is 0.616. The molecule has 2 N–H and O–H groups in total. The van der Waals surface area contributed by atoms with Crippen LogP contribution in [0, 0.1) is 6.92 Å². The zero-order chi connectivity index (χ0) is 13.1. The lowest BCUT2D eigenvalue weighted by Crippen LogP contribution is -2.17. The zero-order valence-electron chi connectivity index (χ0n) is 10.5. The molecule has 0 aliphatic carbocycles. The third-order valence-corrected chi connectivity index (χ3v) is 3.77. The Labute approximate surface area is 116 Å². The number of hydrogen-bond acceptors (Lipinski definition) is 4. The highest BCUT2D eigenvalue weighted by molar-refractivity contribution is 7.09. The summed E-state index contributed by atoms with van der Waals surface area (Å²) in [5.74, 6) is 0. The van der Waals surface area contributed by atoms with Gasteiger partial charge < -0.3 is 5.73 Å². The first-order valence-corrected chi connectivity index (χ1v) is 6.94.